The maximum Gasteiger partial charge on any atom is 0.226 e. The lowest BCUT2D eigenvalue weighted by molar-refractivity contribution is -0.127. The molecule has 2 atom stereocenters. The highest BCUT2D eigenvalue weighted by Crippen LogP contribution is 2.28. The van der Waals surface area contributed by atoms with Crippen molar-refractivity contribution < 1.29 is 13.9 Å². The molecule has 5 rings (SSSR count). The second kappa shape index (κ2) is 14.3. The lowest BCUT2D eigenvalue weighted by Gasteiger charge is -2.31. The molecule has 2 N–H and O–H groups in total. The number of nitrogens with zero attached hydrogens (tertiary/aromatic N) is 3. The van der Waals surface area contributed by atoms with Gasteiger partial charge in [-0.2, -0.15) is 0 Å². The van der Waals surface area contributed by atoms with Crippen molar-refractivity contribution in [3.63, 3.8) is 0 Å². The van der Waals surface area contributed by atoms with Crippen molar-refractivity contribution in [2.24, 2.45) is 11.8 Å². The first-order chi connectivity index (χ1) is 20.0. The van der Waals surface area contributed by atoms with Crippen LogP contribution in [0.3, 0.4) is 0 Å². The van der Waals surface area contributed by atoms with Gasteiger partial charge in [0.05, 0.1) is 18.9 Å². The molecule has 2 fully saturated rings. The standard InChI is InChI=1S/C32H42ClN5O3/c1-23-30(36-32(41-23)25-6-8-27(33)9-7-25)20-26-21-34-14-12-29(26)31(39)35-13-3-15-37(2)22-24-4-10-28(11-5-24)38-16-18-40-19-17-38/h4-11,26,29,34H,3,12-22H2,1-2H3,(H,35,39). The maximum absolute atomic E-state index is 13.2. The summed E-state index contributed by atoms with van der Waals surface area (Å²) in [6.07, 6.45) is 2.45. The summed E-state index contributed by atoms with van der Waals surface area (Å²) in [5.41, 5.74) is 4.38. The number of carbonyl (C=O) groups is 1. The Bertz CT molecular complexity index is 1260. The molecule has 0 spiro atoms. The van der Waals surface area contributed by atoms with Crippen molar-refractivity contribution in [2.75, 3.05) is 64.4 Å². The molecule has 2 saturated heterocycles. The molecule has 220 valence electrons. The number of hydrogen-bond donors (Lipinski definition) is 2. The lowest BCUT2D eigenvalue weighted by Crippen LogP contribution is -2.45. The van der Waals surface area contributed by atoms with Crippen LogP contribution in [0.4, 0.5) is 5.69 Å². The quantitative estimate of drug-likeness (QED) is 0.323. The summed E-state index contributed by atoms with van der Waals surface area (Å²) in [5.74, 6) is 1.69. The van der Waals surface area contributed by atoms with E-state index in [1.165, 1.54) is 11.3 Å². The monoisotopic (exact) mass is 579 g/mol. The predicted molar refractivity (Wildman–Crippen MR) is 163 cm³/mol. The normalized spacial score (nSPS) is 19.5. The molecule has 3 aromatic rings. The summed E-state index contributed by atoms with van der Waals surface area (Å²) >= 11 is 6.03. The van der Waals surface area contributed by atoms with E-state index in [0.717, 1.165) is 82.3 Å². The van der Waals surface area contributed by atoms with Gasteiger partial charge in [-0.25, -0.2) is 4.98 Å². The SMILES string of the molecule is Cc1oc(-c2ccc(Cl)cc2)nc1CC1CNCCC1C(=O)NCCCN(C)Cc1ccc(N2CCOCC2)cc1. The van der Waals surface area contributed by atoms with Crippen molar-refractivity contribution in [1.29, 1.82) is 0 Å². The summed E-state index contributed by atoms with van der Waals surface area (Å²) in [7, 11) is 2.14. The minimum absolute atomic E-state index is 0.0333. The average Bonchev–Trinajstić information content (AvgIpc) is 3.36. The Kier molecular flexibility index (Phi) is 10.3. The molecular formula is C32H42ClN5O3. The Morgan fingerprint density at radius 1 is 1.15 bits per heavy atom. The number of aryl methyl sites for hydroxylation is 1. The van der Waals surface area contributed by atoms with E-state index in [2.05, 4.69) is 51.7 Å². The van der Waals surface area contributed by atoms with Crippen LogP contribution in [0.15, 0.2) is 52.9 Å². The van der Waals surface area contributed by atoms with Gasteiger partial charge in [0, 0.05) is 48.4 Å². The van der Waals surface area contributed by atoms with E-state index in [1.54, 1.807) is 0 Å². The second-order valence-electron chi connectivity index (χ2n) is 11.2. The fraction of sp³-hybridized carbons (Fsp3) is 0.500. The van der Waals surface area contributed by atoms with Crippen LogP contribution >= 0.6 is 11.6 Å². The molecule has 0 radical (unpaired) electrons. The van der Waals surface area contributed by atoms with Gasteiger partial charge in [-0.15, -0.1) is 0 Å². The largest absolute Gasteiger partial charge is 0.441 e. The first kappa shape index (κ1) is 29.6. The third-order valence-electron chi connectivity index (χ3n) is 8.16. The third-order valence-corrected chi connectivity index (χ3v) is 8.42. The number of benzene rings is 2. The number of halogens is 1. The first-order valence-corrected chi connectivity index (χ1v) is 15.1. The third kappa shape index (κ3) is 8.10. The number of carbonyl (C=O) groups excluding carboxylic acids is 1. The minimum atomic E-state index is -0.0333. The van der Waals surface area contributed by atoms with Crippen LogP contribution in [0.1, 0.15) is 29.9 Å². The zero-order valence-corrected chi connectivity index (χ0v) is 25.0. The van der Waals surface area contributed by atoms with Gasteiger partial charge in [-0.1, -0.05) is 23.7 Å². The molecule has 8 nitrogen and oxygen atoms in total. The Balaban J connectivity index is 1.06. The number of rotatable bonds is 11. The fourth-order valence-corrected chi connectivity index (χ4v) is 5.91. The number of nitrogens with one attached hydrogen (secondary N) is 2. The summed E-state index contributed by atoms with van der Waals surface area (Å²) in [4.78, 5) is 22.7. The lowest BCUT2D eigenvalue weighted by atomic mass is 9.82. The van der Waals surface area contributed by atoms with Crippen LogP contribution in [0.5, 0.6) is 0 Å². The molecule has 2 aliphatic heterocycles. The molecule has 2 unspecified atom stereocenters. The summed E-state index contributed by atoms with van der Waals surface area (Å²) in [6, 6.07) is 16.4. The Morgan fingerprint density at radius 3 is 2.66 bits per heavy atom. The highest BCUT2D eigenvalue weighted by molar-refractivity contribution is 6.30. The maximum atomic E-state index is 13.2. The molecule has 0 saturated carbocycles. The Labute approximate surface area is 248 Å². The fourth-order valence-electron chi connectivity index (χ4n) is 5.78. The molecule has 2 aliphatic rings. The van der Waals surface area contributed by atoms with E-state index in [0.29, 0.717) is 23.9 Å². The molecule has 1 aromatic heterocycles. The number of anilines is 1. The zero-order valence-electron chi connectivity index (χ0n) is 24.2. The van der Waals surface area contributed by atoms with Crippen LogP contribution in [0.25, 0.3) is 11.5 Å². The van der Waals surface area contributed by atoms with Crippen molar-refractivity contribution in [3.8, 4) is 11.5 Å². The average molecular weight is 580 g/mol. The topological polar surface area (TPSA) is 82.9 Å². The van der Waals surface area contributed by atoms with Gasteiger partial charge in [0.25, 0.3) is 0 Å². The first-order valence-electron chi connectivity index (χ1n) is 14.8. The van der Waals surface area contributed by atoms with Crippen molar-refractivity contribution in [2.45, 2.75) is 32.7 Å². The van der Waals surface area contributed by atoms with Gasteiger partial charge in [0.15, 0.2) is 0 Å². The highest BCUT2D eigenvalue weighted by Gasteiger charge is 2.32. The number of amides is 1. The van der Waals surface area contributed by atoms with E-state index < -0.39 is 0 Å². The summed E-state index contributed by atoms with van der Waals surface area (Å²) in [6.45, 7) is 9.60. The number of ether oxygens (including phenoxy) is 1. The molecule has 3 heterocycles. The van der Waals surface area contributed by atoms with E-state index >= 15 is 0 Å². The van der Waals surface area contributed by atoms with Crippen molar-refractivity contribution in [1.82, 2.24) is 20.5 Å². The van der Waals surface area contributed by atoms with Crippen molar-refractivity contribution in [3.05, 3.63) is 70.6 Å². The second-order valence-corrected chi connectivity index (χ2v) is 11.7. The summed E-state index contributed by atoms with van der Waals surface area (Å²) in [5, 5.41) is 7.36. The van der Waals surface area contributed by atoms with Crippen LogP contribution in [-0.2, 0) is 22.5 Å². The smallest absolute Gasteiger partial charge is 0.226 e. The van der Waals surface area contributed by atoms with Crippen LogP contribution in [0.2, 0.25) is 5.02 Å². The van der Waals surface area contributed by atoms with Gasteiger partial charge < -0.3 is 29.6 Å². The van der Waals surface area contributed by atoms with Crippen LogP contribution in [-0.4, -0.2) is 75.3 Å². The Morgan fingerprint density at radius 2 is 1.90 bits per heavy atom. The predicted octanol–water partition coefficient (Wildman–Crippen LogP) is 4.55. The molecule has 2 aromatic carbocycles. The molecule has 1 amide bonds. The number of hydrogen-bond acceptors (Lipinski definition) is 7. The molecule has 0 bridgehead atoms. The van der Waals surface area contributed by atoms with Gasteiger partial charge in [0.1, 0.15) is 5.76 Å². The molecule has 41 heavy (non-hydrogen) atoms. The van der Waals surface area contributed by atoms with E-state index in [1.807, 2.05) is 31.2 Å². The van der Waals surface area contributed by atoms with Gasteiger partial charge >= 0.3 is 0 Å². The zero-order chi connectivity index (χ0) is 28.6. The van der Waals surface area contributed by atoms with E-state index in [-0.39, 0.29) is 17.7 Å². The molecule has 0 aliphatic carbocycles. The van der Waals surface area contributed by atoms with Gasteiger partial charge in [-0.3, -0.25) is 4.79 Å². The van der Waals surface area contributed by atoms with E-state index in [9.17, 15) is 4.79 Å². The molecule has 9 heteroatoms. The van der Waals surface area contributed by atoms with Gasteiger partial charge in [0.2, 0.25) is 11.8 Å². The van der Waals surface area contributed by atoms with Gasteiger partial charge in [-0.05, 0) is 101 Å². The molecular weight excluding hydrogens is 538 g/mol. The number of oxazole rings is 1. The number of morpholine rings is 1. The summed E-state index contributed by atoms with van der Waals surface area (Å²) < 4.78 is 11.4. The minimum Gasteiger partial charge on any atom is -0.441 e. The number of aromatic nitrogens is 1. The Hall–Kier alpha value is -2.91. The van der Waals surface area contributed by atoms with E-state index in [4.69, 9.17) is 25.7 Å². The highest BCUT2D eigenvalue weighted by atomic mass is 35.5. The van der Waals surface area contributed by atoms with Crippen LogP contribution < -0.4 is 15.5 Å². The number of piperidine rings is 1. The van der Waals surface area contributed by atoms with Crippen molar-refractivity contribution >= 4 is 23.2 Å². The van der Waals surface area contributed by atoms with Crippen LogP contribution in [0, 0.1) is 18.8 Å².